The van der Waals surface area contributed by atoms with Gasteiger partial charge in [0, 0.05) is 12.2 Å². The van der Waals surface area contributed by atoms with Crippen molar-refractivity contribution in [1.29, 1.82) is 0 Å². The SMILES string of the molecule is CC(C)C1(CNc2c(Cl)cc(N)cc2Cl)CC1. The molecule has 2 nitrogen and oxygen atoms in total. The van der Waals surface area contributed by atoms with Crippen molar-refractivity contribution < 1.29 is 0 Å². The number of anilines is 2. The Labute approximate surface area is 112 Å². The summed E-state index contributed by atoms with van der Waals surface area (Å²) in [6.07, 6.45) is 2.56. The van der Waals surface area contributed by atoms with Gasteiger partial charge < -0.3 is 11.1 Å². The van der Waals surface area contributed by atoms with E-state index in [2.05, 4.69) is 19.2 Å². The van der Waals surface area contributed by atoms with E-state index in [1.807, 2.05) is 0 Å². The molecule has 0 saturated heterocycles. The van der Waals surface area contributed by atoms with Gasteiger partial charge in [0.25, 0.3) is 0 Å². The number of nitrogens with two attached hydrogens (primary N) is 1. The summed E-state index contributed by atoms with van der Waals surface area (Å²) in [7, 11) is 0. The van der Waals surface area contributed by atoms with E-state index < -0.39 is 0 Å². The molecule has 4 heteroatoms. The molecule has 0 radical (unpaired) electrons. The number of nitrogen functional groups attached to an aromatic ring is 1. The molecule has 0 bridgehead atoms. The van der Waals surface area contributed by atoms with Crippen LogP contribution >= 0.6 is 23.2 Å². The predicted octanol–water partition coefficient (Wildman–Crippen LogP) is 4.42. The third-order valence-corrected chi connectivity index (χ3v) is 4.39. The predicted molar refractivity (Wildman–Crippen MR) is 75.9 cm³/mol. The molecule has 1 fully saturated rings. The van der Waals surface area contributed by atoms with Crippen LogP contribution in [-0.4, -0.2) is 6.54 Å². The third kappa shape index (κ3) is 2.63. The van der Waals surface area contributed by atoms with Crippen molar-refractivity contribution in [2.45, 2.75) is 26.7 Å². The minimum atomic E-state index is 0.425. The van der Waals surface area contributed by atoms with Gasteiger partial charge in [-0.25, -0.2) is 0 Å². The number of hydrogen-bond donors (Lipinski definition) is 2. The molecule has 1 saturated carbocycles. The maximum atomic E-state index is 6.14. The van der Waals surface area contributed by atoms with Crippen LogP contribution in [0, 0.1) is 11.3 Å². The van der Waals surface area contributed by atoms with Crippen molar-refractivity contribution in [1.82, 2.24) is 0 Å². The zero-order chi connectivity index (χ0) is 12.6. The van der Waals surface area contributed by atoms with Crippen molar-refractivity contribution in [3.05, 3.63) is 22.2 Å². The van der Waals surface area contributed by atoms with Gasteiger partial charge in [-0.05, 0) is 36.3 Å². The first-order valence-corrected chi connectivity index (χ1v) is 6.68. The van der Waals surface area contributed by atoms with Gasteiger partial charge in [-0.15, -0.1) is 0 Å². The molecule has 3 N–H and O–H groups in total. The Kier molecular flexibility index (Phi) is 3.46. The molecule has 1 aromatic rings. The van der Waals surface area contributed by atoms with Gasteiger partial charge in [-0.3, -0.25) is 0 Å². The first-order chi connectivity index (χ1) is 7.94. The van der Waals surface area contributed by atoms with Crippen molar-refractivity contribution in [2.75, 3.05) is 17.6 Å². The first-order valence-electron chi connectivity index (χ1n) is 5.93. The van der Waals surface area contributed by atoms with Crippen molar-refractivity contribution >= 4 is 34.6 Å². The molecule has 1 aliphatic rings. The lowest BCUT2D eigenvalue weighted by atomic mass is 9.92. The molecule has 0 unspecified atom stereocenters. The number of benzene rings is 1. The monoisotopic (exact) mass is 272 g/mol. The fourth-order valence-electron chi connectivity index (χ4n) is 2.14. The van der Waals surface area contributed by atoms with Crippen LogP contribution in [0.25, 0.3) is 0 Å². The molecule has 1 aliphatic carbocycles. The lowest BCUT2D eigenvalue weighted by molar-refractivity contribution is 0.380. The maximum absolute atomic E-state index is 6.14. The van der Waals surface area contributed by atoms with E-state index in [-0.39, 0.29) is 0 Å². The van der Waals surface area contributed by atoms with E-state index >= 15 is 0 Å². The largest absolute Gasteiger partial charge is 0.399 e. The average molecular weight is 273 g/mol. The van der Waals surface area contributed by atoms with Gasteiger partial charge in [0.2, 0.25) is 0 Å². The Bertz CT molecular complexity index is 402. The normalized spacial score (nSPS) is 17.2. The van der Waals surface area contributed by atoms with Gasteiger partial charge in [0.1, 0.15) is 0 Å². The molecule has 0 atom stereocenters. The summed E-state index contributed by atoms with van der Waals surface area (Å²) in [5, 5.41) is 4.56. The van der Waals surface area contributed by atoms with Gasteiger partial charge in [-0.1, -0.05) is 37.0 Å². The minimum Gasteiger partial charge on any atom is -0.399 e. The van der Waals surface area contributed by atoms with Crippen molar-refractivity contribution in [3.63, 3.8) is 0 Å². The Balaban J connectivity index is 2.10. The van der Waals surface area contributed by atoms with Crippen LogP contribution in [0.2, 0.25) is 10.0 Å². The molecule has 94 valence electrons. The van der Waals surface area contributed by atoms with Crippen LogP contribution in [0.3, 0.4) is 0 Å². The molecule has 0 aromatic heterocycles. The van der Waals surface area contributed by atoms with Crippen LogP contribution < -0.4 is 11.1 Å². The molecule has 0 heterocycles. The third-order valence-electron chi connectivity index (χ3n) is 3.80. The van der Waals surface area contributed by atoms with Crippen LogP contribution in [0.5, 0.6) is 0 Å². The van der Waals surface area contributed by atoms with E-state index in [1.165, 1.54) is 12.8 Å². The Morgan fingerprint density at radius 1 is 1.29 bits per heavy atom. The summed E-state index contributed by atoms with van der Waals surface area (Å²) in [6.45, 7) is 5.45. The summed E-state index contributed by atoms with van der Waals surface area (Å²) in [5.41, 5.74) is 7.49. The Morgan fingerprint density at radius 3 is 2.24 bits per heavy atom. The van der Waals surface area contributed by atoms with E-state index in [9.17, 15) is 0 Å². The van der Waals surface area contributed by atoms with Gasteiger partial charge in [0.15, 0.2) is 0 Å². The summed E-state index contributed by atoms with van der Waals surface area (Å²) >= 11 is 12.3. The highest BCUT2D eigenvalue weighted by atomic mass is 35.5. The van der Waals surface area contributed by atoms with Crippen LogP contribution in [-0.2, 0) is 0 Å². The zero-order valence-electron chi connectivity index (χ0n) is 10.2. The topological polar surface area (TPSA) is 38.0 Å². The van der Waals surface area contributed by atoms with Crippen LogP contribution in [0.15, 0.2) is 12.1 Å². The highest BCUT2D eigenvalue weighted by Gasteiger charge is 2.45. The number of nitrogens with one attached hydrogen (secondary N) is 1. The molecular weight excluding hydrogens is 255 g/mol. The highest BCUT2D eigenvalue weighted by Crippen LogP contribution is 2.52. The first kappa shape index (κ1) is 12.8. The number of halogens is 2. The summed E-state index contributed by atoms with van der Waals surface area (Å²) < 4.78 is 0. The van der Waals surface area contributed by atoms with E-state index in [1.54, 1.807) is 12.1 Å². The molecule has 17 heavy (non-hydrogen) atoms. The van der Waals surface area contributed by atoms with Crippen LogP contribution in [0.1, 0.15) is 26.7 Å². The molecule has 0 amide bonds. The summed E-state index contributed by atoms with van der Waals surface area (Å²) in [6, 6.07) is 3.45. The van der Waals surface area contributed by atoms with Gasteiger partial charge in [0.05, 0.1) is 15.7 Å². The smallest absolute Gasteiger partial charge is 0.0720 e. The van der Waals surface area contributed by atoms with Crippen molar-refractivity contribution in [2.24, 2.45) is 11.3 Å². The van der Waals surface area contributed by atoms with E-state index in [4.69, 9.17) is 28.9 Å². The molecule has 1 aromatic carbocycles. The Morgan fingerprint density at radius 2 is 1.82 bits per heavy atom. The second kappa shape index (κ2) is 4.58. The zero-order valence-corrected chi connectivity index (χ0v) is 11.7. The van der Waals surface area contributed by atoms with Crippen LogP contribution in [0.4, 0.5) is 11.4 Å². The summed E-state index contributed by atoms with van der Waals surface area (Å²) in [5.74, 6) is 0.682. The molecule has 0 spiro atoms. The average Bonchev–Trinajstić information content (AvgIpc) is 2.96. The quantitative estimate of drug-likeness (QED) is 0.797. The maximum Gasteiger partial charge on any atom is 0.0720 e. The molecule has 2 rings (SSSR count). The van der Waals surface area contributed by atoms with Gasteiger partial charge >= 0.3 is 0 Å². The summed E-state index contributed by atoms with van der Waals surface area (Å²) in [4.78, 5) is 0. The number of rotatable bonds is 4. The van der Waals surface area contributed by atoms with E-state index in [0.29, 0.717) is 27.1 Å². The second-order valence-electron chi connectivity index (χ2n) is 5.23. The lowest BCUT2D eigenvalue weighted by Crippen LogP contribution is -2.21. The van der Waals surface area contributed by atoms with Crippen molar-refractivity contribution in [3.8, 4) is 0 Å². The second-order valence-corrected chi connectivity index (χ2v) is 6.04. The standard InChI is InChI=1S/C13H18Cl2N2/c1-8(2)13(3-4-13)7-17-12-10(14)5-9(16)6-11(12)15/h5-6,8,17H,3-4,7,16H2,1-2H3. The van der Waals surface area contributed by atoms with Gasteiger partial charge in [-0.2, -0.15) is 0 Å². The van der Waals surface area contributed by atoms with E-state index in [0.717, 1.165) is 12.2 Å². The molecule has 0 aliphatic heterocycles. The molecular formula is C13H18Cl2N2. The fourth-order valence-corrected chi connectivity index (χ4v) is 2.78. The minimum absolute atomic E-state index is 0.425. The highest BCUT2D eigenvalue weighted by molar-refractivity contribution is 6.39. The lowest BCUT2D eigenvalue weighted by Gasteiger charge is -2.21. The fraction of sp³-hybridized carbons (Fsp3) is 0.538. The Hall–Kier alpha value is -0.600. The number of hydrogen-bond acceptors (Lipinski definition) is 2.